The van der Waals surface area contributed by atoms with Gasteiger partial charge >= 0.3 is 0 Å². The first-order valence-corrected chi connectivity index (χ1v) is 9.64. The van der Waals surface area contributed by atoms with Gasteiger partial charge < -0.3 is 15.3 Å². The van der Waals surface area contributed by atoms with Crippen LogP contribution in [-0.2, 0) is 22.6 Å². The number of amides is 2. The molecule has 1 aliphatic rings. The molecular formula is C18H28N8O3. The van der Waals surface area contributed by atoms with E-state index in [-0.39, 0.29) is 24.8 Å². The molecule has 158 valence electrons. The minimum Gasteiger partial charge on any atom is -0.391 e. The number of nitrogens with zero attached hydrogens (tertiary/aromatic N) is 7. The molecule has 1 saturated heterocycles. The van der Waals surface area contributed by atoms with Crippen LogP contribution in [-0.4, -0.2) is 77.3 Å². The van der Waals surface area contributed by atoms with E-state index >= 15 is 0 Å². The highest BCUT2D eigenvalue weighted by atomic mass is 16.3. The van der Waals surface area contributed by atoms with Gasteiger partial charge in [0.25, 0.3) is 0 Å². The summed E-state index contributed by atoms with van der Waals surface area (Å²) in [6.07, 6.45) is 4.95. The van der Waals surface area contributed by atoms with Crippen molar-refractivity contribution in [3.8, 4) is 0 Å². The SMILES string of the molecule is CNC(=O)[C@@H]1C[C@@H](O)CN1C(=O)[C@@H](n1cc(CCn2cncn2)nn1)C(C)(C)C. The fourth-order valence-electron chi connectivity index (χ4n) is 3.64. The molecule has 2 amide bonds. The molecular weight excluding hydrogens is 376 g/mol. The maximum absolute atomic E-state index is 13.4. The Bertz CT molecular complexity index is 842. The summed E-state index contributed by atoms with van der Waals surface area (Å²) in [7, 11) is 1.52. The van der Waals surface area contributed by atoms with Gasteiger partial charge in [0.15, 0.2) is 0 Å². The highest BCUT2D eigenvalue weighted by Gasteiger charge is 2.44. The molecule has 1 aliphatic heterocycles. The van der Waals surface area contributed by atoms with Gasteiger partial charge in [-0.2, -0.15) is 5.10 Å². The van der Waals surface area contributed by atoms with Crippen molar-refractivity contribution in [2.75, 3.05) is 13.6 Å². The summed E-state index contributed by atoms with van der Waals surface area (Å²) >= 11 is 0. The maximum Gasteiger partial charge on any atom is 0.248 e. The lowest BCUT2D eigenvalue weighted by molar-refractivity contribution is -0.144. The van der Waals surface area contributed by atoms with E-state index in [0.29, 0.717) is 13.0 Å². The van der Waals surface area contributed by atoms with Gasteiger partial charge in [0, 0.05) is 39.2 Å². The monoisotopic (exact) mass is 404 g/mol. The zero-order valence-corrected chi connectivity index (χ0v) is 17.2. The Kier molecular flexibility index (Phi) is 5.96. The van der Waals surface area contributed by atoms with Crippen LogP contribution in [0.4, 0.5) is 0 Å². The maximum atomic E-state index is 13.4. The van der Waals surface area contributed by atoms with Crippen LogP contribution in [0.5, 0.6) is 0 Å². The first kappa shape index (κ1) is 20.9. The third-order valence-electron chi connectivity index (χ3n) is 5.05. The lowest BCUT2D eigenvalue weighted by Gasteiger charge is -2.34. The van der Waals surface area contributed by atoms with Crippen LogP contribution < -0.4 is 5.32 Å². The van der Waals surface area contributed by atoms with E-state index in [1.54, 1.807) is 21.9 Å². The predicted molar refractivity (Wildman–Crippen MR) is 102 cm³/mol. The number of carbonyl (C=O) groups is 2. The van der Waals surface area contributed by atoms with Gasteiger partial charge in [-0.25, -0.2) is 9.67 Å². The number of likely N-dealkylation sites (N-methyl/N-ethyl adjacent to an activating group) is 1. The minimum atomic E-state index is -0.726. The molecule has 0 aromatic carbocycles. The molecule has 3 heterocycles. The molecule has 0 unspecified atom stereocenters. The second-order valence-corrected chi connectivity index (χ2v) is 8.38. The molecule has 1 fully saturated rings. The molecule has 2 N–H and O–H groups in total. The molecule has 2 aromatic rings. The molecule has 0 radical (unpaired) electrons. The fourth-order valence-corrected chi connectivity index (χ4v) is 3.64. The predicted octanol–water partition coefficient (Wildman–Crippen LogP) is -0.593. The lowest BCUT2D eigenvalue weighted by Crippen LogP contribution is -2.49. The summed E-state index contributed by atoms with van der Waals surface area (Å²) < 4.78 is 3.26. The van der Waals surface area contributed by atoms with E-state index in [1.807, 2.05) is 20.8 Å². The molecule has 0 bridgehead atoms. The topological polar surface area (TPSA) is 131 Å². The molecule has 11 nitrogen and oxygen atoms in total. The summed E-state index contributed by atoms with van der Waals surface area (Å²) in [6, 6.07) is -1.35. The van der Waals surface area contributed by atoms with Crippen molar-refractivity contribution < 1.29 is 14.7 Å². The van der Waals surface area contributed by atoms with Crippen LogP contribution >= 0.6 is 0 Å². The summed E-state index contributed by atoms with van der Waals surface area (Å²) in [6.45, 7) is 6.54. The van der Waals surface area contributed by atoms with Crippen molar-refractivity contribution in [2.24, 2.45) is 5.41 Å². The molecule has 11 heteroatoms. The molecule has 0 aliphatic carbocycles. The molecule has 3 rings (SSSR count). The van der Waals surface area contributed by atoms with Crippen molar-refractivity contribution in [2.45, 2.75) is 58.3 Å². The van der Waals surface area contributed by atoms with E-state index in [1.165, 1.54) is 18.3 Å². The van der Waals surface area contributed by atoms with E-state index < -0.39 is 23.6 Å². The molecule has 2 aromatic heterocycles. The Labute approximate surface area is 169 Å². The van der Waals surface area contributed by atoms with E-state index in [2.05, 4.69) is 25.7 Å². The van der Waals surface area contributed by atoms with E-state index in [4.69, 9.17) is 0 Å². The highest BCUT2D eigenvalue weighted by Crippen LogP contribution is 2.34. The minimum absolute atomic E-state index is 0.122. The van der Waals surface area contributed by atoms with Crippen LogP contribution in [0.25, 0.3) is 0 Å². The van der Waals surface area contributed by atoms with Crippen molar-refractivity contribution in [1.82, 2.24) is 40.0 Å². The third-order valence-corrected chi connectivity index (χ3v) is 5.05. The Morgan fingerprint density at radius 3 is 2.76 bits per heavy atom. The number of aryl methyl sites for hydroxylation is 2. The number of aliphatic hydroxyl groups is 1. The van der Waals surface area contributed by atoms with Crippen molar-refractivity contribution in [3.63, 3.8) is 0 Å². The molecule has 29 heavy (non-hydrogen) atoms. The van der Waals surface area contributed by atoms with Crippen LogP contribution in [0.2, 0.25) is 0 Å². The van der Waals surface area contributed by atoms with Crippen LogP contribution in [0, 0.1) is 5.41 Å². The number of likely N-dealkylation sites (tertiary alicyclic amines) is 1. The average molecular weight is 404 g/mol. The molecule has 0 spiro atoms. The summed E-state index contributed by atoms with van der Waals surface area (Å²) in [4.78, 5) is 31.0. The Morgan fingerprint density at radius 2 is 2.14 bits per heavy atom. The number of nitrogens with one attached hydrogen (secondary N) is 1. The fraction of sp³-hybridized carbons (Fsp3) is 0.667. The normalized spacial score (nSPS) is 20.7. The van der Waals surface area contributed by atoms with Crippen molar-refractivity contribution >= 4 is 11.8 Å². The summed E-state index contributed by atoms with van der Waals surface area (Å²) in [5.41, 5.74) is 0.251. The largest absolute Gasteiger partial charge is 0.391 e. The number of β-amino-alcohol motifs (C(OH)–C–C–N with tert-alkyl or cyclic N) is 1. The quantitative estimate of drug-likeness (QED) is 0.658. The second-order valence-electron chi connectivity index (χ2n) is 8.38. The first-order valence-electron chi connectivity index (χ1n) is 9.64. The Hall–Kier alpha value is -2.82. The zero-order chi connectivity index (χ0) is 21.2. The summed E-state index contributed by atoms with van der Waals surface area (Å²) in [5.74, 6) is -0.537. The Morgan fingerprint density at radius 1 is 1.38 bits per heavy atom. The number of rotatable bonds is 6. The smallest absolute Gasteiger partial charge is 0.248 e. The van der Waals surface area contributed by atoms with Gasteiger partial charge in [-0.3, -0.25) is 14.3 Å². The average Bonchev–Trinajstić information content (AvgIpc) is 3.39. The van der Waals surface area contributed by atoms with Gasteiger partial charge in [0.2, 0.25) is 11.8 Å². The van der Waals surface area contributed by atoms with Crippen molar-refractivity contribution in [1.29, 1.82) is 0 Å². The van der Waals surface area contributed by atoms with E-state index in [9.17, 15) is 14.7 Å². The zero-order valence-electron chi connectivity index (χ0n) is 17.2. The van der Waals surface area contributed by atoms with Crippen LogP contribution in [0.15, 0.2) is 18.9 Å². The third kappa shape index (κ3) is 4.61. The number of carbonyl (C=O) groups excluding carboxylic acids is 2. The lowest BCUT2D eigenvalue weighted by atomic mass is 9.85. The molecule has 0 saturated carbocycles. The number of hydrogen-bond acceptors (Lipinski definition) is 7. The summed E-state index contributed by atoms with van der Waals surface area (Å²) in [5, 5.41) is 25.1. The molecule has 3 atom stereocenters. The van der Waals surface area contributed by atoms with E-state index in [0.717, 1.165) is 5.69 Å². The van der Waals surface area contributed by atoms with Crippen LogP contribution in [0.1, 0.15) is 38.9 Å². The number of hydrogen-bond donors (Lipinski definition) is 2. The first-order chi connectivity index (χ1) is 13.7. The highest BCUT2D eigenvalue weighted by molar-refractivity contribution is 5.90. The number of aliphatic hydroxyl groups excluding tert-OH is 1. The van der Waals surface area contributed by atoms with Gasteiger partial charge in [0.1, 0.15) is 24.7 Å². The van der Waals surface area contributed by atoms with Gasteiger partial charge in [-0.1, -0.05) is 26.0 Å². The standard InChI is InChI=1S/C18H28N8O3/c1-18(2,3)15(17(29)25-9-13(27)7-14(25)16(28)19-4)26-8-12(22-23-26)5-6-24-11-20-10-21-24/h8,10-11,13-15,27H,5-7,9H2,1-4H3,(H,19,28)/t13-,14+,15-/m1/s1. The second kappa shape index (κ2) is 8.27. The Balaban J connectivity index is 1.81. The van der Waals surface area contributed by atoms with Gasteiger partial charge in [-0.15, -0.1) is 5.10 Å². The van der Waals surface area contributed by atoms with Gasteiger partial charge in [-0.05, 0) is 5.41 Å². The van der Waals surface area contributed by atoms with Crippen molar-refractivity contribution in [3.05, 3.63) is 24.5 Å². The van der Waals surface area contributed by atoms with Crippen LogP contribution in [0.3, 0.4) is 0 Å². The van der Waals surface area contributed by atoms with Gasteiger partial charge in [0.05, 0.1) is 11.8 Å². The number of aromatic nitrogens is 6.